The summed E-state index contributed by atoms with van der Waals surface area (Å²) in [4.78, 5) is 11.1. The zero-order valence-electron chi connectivity index (χ0n) is 11.1. The third-order valence-electron chi connectivity index (χ3n) is 2.83. The van der Waals surface area contributed by atoms with Crippen LogP contribution in [0, 0.1) is 10.1 Å². The third kappa shape index (κ3) is 3.40. The van der Waals surface area contributed by atoms with Gasteiger partial charge in [0.15, 0.2) is 5.00 Å². The zero-order chi connectivity index (χ0) is 15.6. The van der Waals surface area contributed by atoms with Crippen LogP contribution < -0.4 is 5.73 Å². The van der Waals surface area contributed by atoms with Gasteiger partial charge < -0.3 is 5.73 Å². The molecule has 10 heteroatoms. The Morgan fingerprint density at radius 2 is 2.19 bits per heavy atom. The molecule has 0 atom stereocenters. The van der Waals surface area contributed by atoms with Crippen molar-refractivity contribution < 1.29 is 13.3 Å². The predicted molar refractivity (Wildman–Crippen MR) is 83.2 cm³/mol. The largest absolute Gasteiger partial charge is 0.385 e. The van der Waals surface area contributed by atoms with Gasteiger partial charge in [0, 0.05) is 24.5 Å². The molecule has 0 saturated carbocycles. The fraction of sp³-hybridized carbons (Fsp3) is 0.273. The van der Waals surface area contributed by atoms with Crippen molar-refractivity contribution in [1.82, 2.24) is 4.31 Å². The van der Waals surface area contributed by atoms with E-state index in [-0.39, 0.29) is 14.9 Å². The van der Waals surface area contributed by atoms with Gasteiger partial charge in [-0.15, -0.1) is 11.3 Å². The average Bonchev–Trinajstić information content (AvgIpc) is 3.04. The topological polar surface area (TPSA) is 107 Å². The van der Waals surface area contributed by atoms with Crippen LogP contribution in [0.1, 0.15) is 4.88 Å². The third-order valence-corrected chi connectivity index (χ3v) is 7.03. The molecule has 114 valence electrons. The standard InChI is InChI=1S/C11H13N3O4S3/c1-13(5-4-8-3-2-6-19-8)21(17,18)10-7-9(14(15)16)11(12)20-10/h2-3,6-7H,4-5,12H2,1H3. The highest BCUT2D eigenvalue weighted by molar-refractivity contribution is 7.91. The number of anilines is 1. The molecule has 7 nitrogen and oxygen atoms in total. The van der Waals surface area contributed by atoms with Crippen LogP contribution >= 0.6 is 22.7 Å². The lowest BCUT2D eigenvalue weighted by Crippen LogP contribution is -2.28. The molecule has 0 aromatic carbocycles. The molecule has 0 saturated heterocycles. The number of nitro groups is 1. The van der Waals surface area contributed by atoms with Gasteiger partial charge >= 0.3 is 5.69 Å². The molecule has 21 heavy (non-hydrogen) atoms. The molecule has 2 aromatic heterocycles. The quantitative estimate of drug-likeness (QED) is 0.636. The number of hydrogen-bond donors (Lipinski definition) is 1. The van der Waals surface area contributed by atoms with Gasteiger partial charge in [0.1, 0.15) is 4.21 Å². The second-order valence-corrected chi connectivity index (χ2v) is 8.62. The second kappa shape index (κ2) is 6.10. The molecule has 0 fully saturated rings. The van der Waals surface area contributed by atoms with Crippen molar-refractivity contribution >= 4 is 43.4 Å². The summed E-state index contributed by atoms with van der Waals surface area (Å²) in [7, 11) is -2.31. The Morgan fingerprint density at radius 1 is 1.48 bits per heavy atom. The molecular formula is C11H13N3O4S3. The maximum atomic E-state index is 12.3. The van der Waals surface area contributed by atoms with E-state index < -0.39 is 14.9 Å². The van der Waals surface area contributed by atoms with Gasteiger partial charge in [0.2, 0.25) is 0 Å². The molecule has 0 amide bonds. The zero-order valence-corrected chi connectivity index (χ0v) is 13.5. The van der Waals surface area contributed by atoms with Crippen LogP contribution in [0.2, 0.25) is 0 Å². The van der Waals surface area contributed by atoms with Crippen LogP contribution in [0.15, 0.2) is 27.8 Å². The fourth-order valence-electron chi connectivity index (χ4n) is 1.64. The highest BCUT2D eigenvalue weighted by Crippen LogP contribution is 2.35. The Labute approximate surface area is 129 Å². The monoisotopic (exact) mass is 347 g/mol. The Bertz CT molecular complexity index is 737. The minimum absolute atomic E-state index is 0.106. The summed E-state index contributed by atoms with van der Waals surface area (Å²) in [6.45, 7) is 0.300. The SMILES string of the molecule is CN(CCc1cccs1)S(=O)(=O)c1cc([N+](=O)[O-])c(N)s1. The number of thiophene rings is 2. The molecule has 0 aliphatic heterocycles. The normalized spacial score (nSPS) is 11.9. The fourth-order valence-corrected chi connectivity index (χ4v) is 4.93. The first kappa shape index (κ1) is 15.9. The number of hydrogen-bond acceptors (Lipinski definition) is 7. The van der Waals surface area contributed by atoms with Crippen LogP contribution in [0.25, 0.3) is 0 Å². The van der Waals surface area contributed by atoms with E-state index in [1.54, 1.807) is 11.3 Å². The minimum Gasteiger partial charge on any atom is -0.385 e. The van der Waals surface area contributed by atoms with Crippen molar-refractivity contribution in [2.45, 2.75) is 10.6 Å². The number of nitrogens with zero attached hydrogens (tertiary/aromatic N) is 2. The molecule has 2 N–H and O–H groups in total. The van der Waals surface area contributed by atoms with E-state index in [1.165, 1.54) is 11.4 Å². The lowest BCUT2D eigenvalue weighted by atomic mass is 10.3. The van der Waals surface area contributed by atoms with Crippen molar-refractivity contribution in [2.75, 3.05) is 19.3 Å². The first-order valence-corrected chi connectivity index (χ1v) is 8.98. The summed E-state index contributed by atoms with van der Waals surface area (Å²) in [5.74, 6) is 0. The molecule has 0 radical (unpaired) electrons. The second-order valence-electron chi connectivity index (χ2n) is 4.23. The van der Waals surface area contributed by atoms with Gasteiger partial charge in [-0.05, 0) is 17.9 Å². The number of nitrogen functional groups attached to an aromatic ring is 1. The Kier molecular flexibility index (Phi) is 4.61. The van der Waals surface area contributed by atoms with Crippen molar-refractivity contribution in [1.29, 1.82) is 0 Å². The van der Waals surface area contributed by atoms with Gasteiger partial charge in [-0.1, -0.05) is 17.4 Å². The van der Waals surface area contributed by atoms with Crippen molar-refractivity contribution in [2.24, 2.45) is 0 Å². The summed E-state index contributed by atoms with van der Waals surface area (Å²) < 4.78 is 25.8. The molecule has 0 aliphatic rings. The summed E-state index contributed by atoms with van der Waals surface area (Å²) in [6.07, 6.45) is 0.594. The summed E-state index contributed by atoms with van der Waals surface area (Å²) in [5.41, 5.74) is 5.12. The van der Waals surface area contributed by atoms with Crippen LogP contribution in [0.3, 0.4) is 0 Å². The van der Waals surface area contributed by atoms with Crippen LogP contribution in [-0.2, 0) is 16.4 Å². The number of sulfonamides is 1. The first-order chi connectivity index (χ1) is 9.82. The summed E-state index contributed by atoms with van der Waals surface area (Å²) >= 11 is 2.26. The van der Waals surface area contributed by atoms with E-state index in [1.807, 2.05) is 17.5 Å². The lowest BCUT2D eigenvalue weighted by Gasteiger charge is -2.15. The van der Waals surface area contributed by atoms with Crippen molar-refractivity contribution in [3.05, 3.63) is 38.6 Å². The lowest BCUT2D eigenvalue weighted by molar-refractivity contribution is -0.383. The number of rotatable bonds is 6. The molecule has 0 bridgehead atoms. The van der Waals surface area contributed by atoms with Crippen LogP contribution in [0.4, 0.5) is 10.7 Å². The van der Waals surface area contributed by atoms with E-state index in [0.29, 0.717) is 24.3 Å². The first-order valence-electron chi connectivity index (χ1n) is 5.85. The van der Waals surface area contributed by atoms with E-state index in [2.05, 4.69) is 0 Å². The molecule has 0 aliphatic carbocycles. The maximum Gasteiger partial charge on any atom is 0.304 e. The van der Waals surface area contributed by atoms with Gasteiger partial charge in [0.25, 0.3) is 10.0 Å². The van der Waals surface area contributed by atoms with Crippen molar-refractivity contribution in [3.63, 3.8) is 0 Å². The number of likely N-dealkylation sites (N-methyl/N-ethyl adjacent to an activating group) is 1. The van der Waals surface area contributed by atoms with E-state index in [9.17, 15) is 18.5 Å². The molecule has 2 heterocycles. The Morgan fingerprint density at radius 3 is 2.71 bits per heavy atom. The Balaban J connectivity index is 2.16. The van der Waals surface area contributed by atoms with Crippen LogP contribution in [0.5, 0.6) is 0 Å². The average molecular weight is 347 g/mol. The predicted octanol–water partition coefficient (Wildman–Crippen LogP) is 2.16. The van der Waals surface area contributed by atoms with E-state index in [0.717, 1.165) is 10.9 Å². The Hall–Kier alpha value is -1.49. The van der Waals surface area contributed by atoms with E-state index >= 15 is 0 Å². The molecular weight excluding hydrogens is 334 g/mol. The van der Waals surface area contributed by atoms with Gasteiger partial charge in [-0.3, -0.25) is 10.1 Å². The molecule has 0 unspecified atom stereocenters. The van der Waals surface area contributed by atoms with E-state index in [4.69, 9.17) is 5.73 Å². The summed E-state index contributed by atoms with van der Waals surface area (Å²) in [5, 5.41) is 12.6. The molecule has 2 rings (SSSR count). The van der Waals surface area contributed by atoms with Gasteiger partial charge in [-0.2, -0.15) is 4.31 Å². The van der Waals surface area contributed by atoms with Gasteiger partial charge in [0.05, 0.1) is 4.92 Å². The molecule has 0 spiro atoms. The molecule has 2 aromatic rings. The highest BCUT2D eigenvalue weighted by Gasteiger charge is 2.28. The highest BCUT2D eigenvalue weighted by atomic mass is 32.2. The minimum atomic E-state index is -3.76. The summed E-state index contributed by atoms with van der Waals surface area (Å²) in [6, 6.07) is 4.84. The van der Waals surface area contributed by atoms with Gasteiger partial charge in [-0.25, -0.2) is 8.42 Å². The van der Waals surface area contributed by atoms with Crippen molar-refractivity contribution in [3.8, 4) is 0 Å². The van der Waals surface area contributed by atoms with Crippen LogP contribution in [-0.4, -0.2) is 31.2 Å². The maximum absolute atomic E-state index is 12.3. The smallest absolute Gasteiger partial charge is 0.304 e. The number of nitrogens with two attached hydrogens (primary N) is 1.